The molecule has 1 heterocycles. The summed E-state index contributed by atoms with van der Waals surface area (Å²) in [6, 6.07) is -0.290. The van der Waals surface area contributed by atoms with E-state index in [1.54, 1.807) is 6.92 Å². The van der Waals surface area contributed by atoms with Gasteiger partial charge in [-0.25, -0.2) is 4.79 Å². The quantitative estimate of drug-likeness (QED) is 0.643. The second kappa shape index (κ2) is 4.84. The topological polar surface area (TPSA) is 50.7 Å². The van der Waals surface area contributed by atoms with E-state index < -0.39 is 0 Å². The molecule has 0 aromatic carbocycles. The Morgan fingerprint density at radius 1 is 1.62 bits per heavy atom. The third-order valence-electron chi connectivity index (χ3n) is 2.06. The molecule has 0 aromatic heterocycles. The number of esters is 1. The largest absolute Gasteiger partial charge is 0.467 e. The summed E-state index contributed by atoms with van der Waals surface area (Å²) in [4.78, 5) is 15.3. The molecule has 74 valence electrons. The third kappa shape index (κ3) is 3.05. The summed E-state index contributed by atoms with van der Waals surface area (Å²) < 4.78 is 4.60. The third-order valence-corrected chi connectivity index (χ3v) is 2.06. The molecule has 0 aromatic rings. The van der Waals surface area contributed by atoms with E-state index >= 15 is 0 Å². The zero-order valence-electron chi connectivity index (χ0n) is 8.17. The number of nitrogens with one attached hydrogen (secondary N) is 1. The summed E-state index contributed by atoms with van der Waals surface area (Å²) in [7, 11) is 1.39. The lowest BCUT2D eigenvalue weighted by Crippen LogP contribution is -2.39. The van der Waals surface area contributed by atoms with Crippen LogP contribution < -0.4 is 5.32 Å². The van der Waals surface area contributed by atoms with E-state index in [1.807, 2.05) is 0 Å². The van der Waals surface area contributed by atoms with Gasteiger partial charge in [-0.3, -0.25) is 4.99 Å². The molecular weight excluding hydrogens is 168 g/mol. The van der Waals surface area contributed by atoms with Crippen LogP contribution in [0.15, 0.2) is 4.99 Å². The number of amidine groups is 1. The van der Waals surface area contributed by atoms with Gasteiger partial charge < -0.3 is 10.1 Å². The van der Waals surface area contributed by atoms with Gasteiger partial charge in [-0.15, -0.1) is 0 Å². The van der Waals surface area contributed by atoms with Crippen LogP contribution in [-0.4, -0.2) is 31.5 Å². The maximum Gasteiger partial charge on any atom is 0.328 e. The van der Waals surface area contributed by atoms with Crippen molar-refractivity contribution in [3.63, 3.8) is 0 Å². The fourth-order valence-corrected chi connectivity index (χ4v) is 1.30. The van der Waals surface area contributed by atoms with Crippen molar-refractivity contribution < 1.29 is 9.53 Å². The van der Waals surface area contributed by atoms with Gasteiger partial charge in [-0.05, 0) is 19.8 Å². The van der Waals surface area contributed by atoms with Crippen LogP contribution in [0.1, 0.15) is 26.2 Å². The molecule has 1 aliphatic heterocycles. The maximum atomic E-state index is 11.0. The molecule has 13 heavy (non-hydrogen) atoms. The van der Waals surface area contributed by atoms with Gasteiger partial charge in [0, 0.05) is 13.0 Å². The Kier molecular flexibility index (Phi) is 3.73. The summed E-state index contributed by atoms with van der Waals surface area (Å²) in [5, 5.41) is 3.04. The van der Waals surface area contributed by atoms with Crippen LogP contribution in [0.5, 0.6) is 0 Å². The number of carbonyl (C=O) groups is 1. The molecule has 1 unspecified atom stereocenters. The van der Waals surface area contributed by atoms with Crippen molar-refractivity contribution in [2.75, 3.05) is 13.7 Å². The van der Waals surface area contributed by atoms with Crippen molar-refractivity contribution in [1.82, 2.24) is 5.32 Å². The standard InChI is InChI=1S/C9H16N2O2/c1-7(9(12)13-2)11-8-5-3-4-6-10-8/h7H,3-6H2,1-2H3,(H,10,11). The van der Waals surface area contributed by atoms with Crippen LogP contribution in [0.4, 0.5) is 0 Å². The van der Waals surface area contributed by atoms with Gasteiger partial charge >= 0.3 is 5.97 Å². The molecule has 0 spiro atoms. The van der Waals surface area contributed by atoms with Gasteiger partial charge in [0.1, 0.15) is 6.04 Å². The molecule has 0 amide bonds. The van der Waals surface area contributed by atoms with Crippen LogP contribution in [-0.2, 0) is 9.53 Å². The maximum absolute atomic E-state index is 11.0. The van der Waals surface area contributed by atoms with Gasteiger partial charge in [0.2, 0.25) is 0 Å². The van der Waals surface area contributed by atoms with Crippen molar-refractivity contribution in [2.24, 2.45) is 4.99 Å². The van der Waals surface area contributed by atoms with Crippen LogP contribution in [0, 0.1) is 0 Å². The minimum atomic E-state index is -0.290. The van der Waals surface area contributed by atoms with E-state index in [1.165, 1.54) is 7.11 Å². The lowest BCUT2D eigenvalue weighted by molar-refractivity contribution is -0.142. The molecule has 4 heteroatoms. The fraction of sp³-hybridized carbons (Fsp3) is 0.778. The van der Waals surface area contributed by atoms with Crippen molar-refractivity contribution in [3.8, 4) is 0 Å². The molecule has 0 radical (unpaired) electrons. The van der Waals surface area contributed by atoms with Gasteiger partial charge in [0.05, 0.1) is 12.9 Å². The van der Waals surface area contributed by atoms with E-state index in [4.69, 9.17) is 0 Å². The van der Waals surface area contributed by atoms with E-state index in [2.05, 4.69) is 15.0 Å². The smallest absolute Gasteiger partial charge is 0.328 e. The highest BCUT2D eigenvalue weighted by Gasteiger charge is 2.15. The molecular formula is C9H16N2O2. The number of rotatable bonds is 2. The number of aliphatic imine (C=N–C) groups is 1. The Hall–Kier alpha value is -1.06. The van der Waals surface area contributed by atoms with Crippen molar-refractivity contribution in [2.45, 2.75) is 32.2 Å². The average molecular weight is 184 g/mol. The van der Waals surface area contributed by atoms with Crippen LogP contribution in [0.25, 0.3) is 0 Å². The lowest BCUT2D eigenvalue weighted by Gasteiger charge is -2.17. The minimum Gasteiger partial charge on any atom is -0.467 e. The number of methoxy groups -OCH3 is 1. The zero-order valence-corrected chi connectivity index (χ0v) is 8.17. The first-order chi connectivity index (χ1) is 6.24. The highest BCUT2D eigenvalue weighted by Crippen LogP contribution is 2.04. The predicted octanol–water partition coefficient (Wildman–Crippen LogP) is 0.720. The van der Waals surface area contributed by atoms with E-state index in [0.29, 0.717) is 0 Å². The highest BCUT2D eigenvalue weighted by atomic mass is 16.5. The number of nitrogens with zero attached hydrogens (tertiary/aromatic N) is 1. The first-order valence-electron chi connectivity index (χ1n) is 4.61. The second-order valence-corrected chi connectivity index (χ2v) is 3.17. The summed E-state index contributed by atoms with van der Waals surface area (Å²) in [5.74, 6) is 0.692. The van der Waals surface area contributed by atoms with Gasteiger partial charge in [-0.2, -0.15) is 0 Å². The normalized spacial score (nSPS) is 18.8. The molecule has 0 aliphatic carbocycles. The number of hydrogen-bond donors (Lipinski definition) is 1. The number of carbonyl (C=O) groups excluding carboxylic acids is 1. The molecule has 4 nitrogen and oxygen atoms in total. The molecule has 1 atom stereocenters. The predicted molar refractivity (Wildman–Crippen MR) is 50.8 cm³/mol. The molecule has 0 saturated carbocycles. The minimum absolute atomic E-state index is 0.242. The Labute approximate surface area is 78.4 Å². The summed E-state index contributed by atoms with van der Waals surface area (Å²) in [6.07, 6.45) is 3.25. The van der Waals surface area contributed by atoms with Crippen molar-refractivity contribution >= 4 is 11.8 Å². The SMILES string of the molecule is COC(=O)C(C)NC1=NCCCC1. The molecule has 0 fully saturated rings. The van der Waals surface area contributed by atoms with E-state index in [9.17, 15) is 4.79 Å². The van der Waals surface area contributed by atoms with Crippen LogP contribution in [0.2, 0.25) is 0 Å². The molecule has 1 rings (SSSR count). The number of hydrogen-bond acceptors (Lipinski definition) is 4. The van der Waals surface area contributed by atoms with E-state index in [-0.39, 0.29) is 12.0 Å². The molecule has 1 aliphatic rings. The Balaban J connectivity index is 2.38. The Morgan fingerprint density at radius 3 is 2.92 bits per heavy atom. The molecule has 1 N–H and O–H groups in total. The van der Waals surface area contributed by atoms with Crippen molar-refractivity contribution in [3.05, 3.63) is 0 Å². The summed E-state index contributed by atoms with van der Waals surface area (Å²) in [5.41, 5.74) is 0. The number of ether oxygens (including phenoxy) is 1. The van der Waals surface area contributed by atoms with E-state index in [0.717, 1.165) is 31.6 Å². The first-order valence-corrected chi connectivity index (χ1v) is 4.61. The first kappa shape index (κ1) is 10.0. The zero-order chi connectivity index (χ0) is 9.68. The molecule has 0 bridgehead atoms. The van der Waals surface area contributed by atoms with Crippen LogP contribution >= 0.6 is 0 Å². The Morgan fingerprint density at radius 2 is 2.38 bits per heavy atom. The summed E-state index contributed by atoms with van der Waals surface area (Å²) >= 11 is 0. The van der Waals surface area contributed by atoms with Gasteiger partial charge in [0.15, 0.2) is 0 Å². The van der Waals surface area contributed by atoms with Gasteiger partial charge in [0.25, 0.3) is 0 Å². The average Bonchev–Trinajstić information content (AvgIpc) is 2.18. The monoisotopic (exact) mass is 184 g/mol. The lowest BCUT2D eigenvalue weighted by atomic mass is 10.1. The van der Waals surface area contributed by atoms with Gasteiger partial charge in [-0.1, -0.05) is 0 Å². The second-order valence-electron chi connectivity index (χ2n) is 3.17. The Bertz CT molecular complexity index is 214. The highest BCUT2D eigenvalue weighted by molar-refractivity contribution is 5.87. The summed E-state index contributed by atoms with van der Waals surface area (Å²) in [6.45, 7) is 2.65. The molecule has 0 saturated heterocycles. The fourth-order valence-electron chi connectivity index (χ4n) is 1.30. The van der Waals surface area contributed by atoms with Crippen molar-refractivity contribution in [1.29, 1.82) is 0 Å². The van der Waals surface area contributed by atoms with Crippen LogP contribution in [0.3, 0.4) is 0 Å².